The van der Waals surface area contributed by atoms with Crippen LogP contribution in [0, 0.1) is 6.92 Å². The Kier molecular flexibility index (Phi) is 6.59. The largest absolute Gasteiger partial charge is 0.287 e. The van der Waals surface area contributed by atoms with E-state index in [4.69, 9.17) is 0 Å². The van der Waals surface area contributed by atoms with Crippen molar-refractivity contribution in [1.82, 2.24) is 9.78 Å². The van der Waals surface area contributed by atoms with E-state index in [0.29, 0.717) is 5.56 Å². The van der Waals surface area contributed by atoms with E-state index < -0.39 is 5.66 Å². The number of allylic oxidation sites excluding steroid dienone is 1. The molecule has 1 unspecified atom stereocenters. The van der Waals surface area contributed by atoms with Crippen LogP contribution in [0.3, 0.4) is 0 Å². The minimum atomic E-state index is -3.00. The van der Waals surface area contributed by atoms with Gasteiger partial charge in [-0.05, 0) is 54.8 Å². The minimum Gasteiger partial charge on any atom is -0.287 e. The summed E-state index contributed by atoms with van der Waals surface area (Å²) < 4.78 is 29.7. The van der Waals surface area contributed by atoms with Crippen molar-refractivity contribution in [3.05, 3.63) is 81.9 Å². The van der Waals surface area contributed by atoms with Gasteiger partial charge in [0.15, 0.2) is 5.12 Å². The lowest BCUT2D eigenvalue weighted by atomic mass is 10.0. The molecule has 2 aromatic carbocycles. The topological polar surface area (TPSA) is 34.9 Å². The van der Waals surface area contributed by atoms with Gasteiger partial charge in [0.1, 0.15) is 0 Å². The van der Waals surface area contributed by atoms with E-state index in [1.807, 2.05) is 43.5 Å². The van der Waals surface area contributed by atoms with E-state index in [1.165, 1.54) is 13.0 Å². The first-order valence-corrected chi connectivity index (χ1v) is 10.7. The maximum Gasteiger partial charge on any atom is 0.284 e. The van der Waals surface area contributed by atoms with Gasteiger partial charge in [0.05, 0.1) is 12.1 Å². The lowest BCUT2D eigenvalue weighted by Crippen LogP contribution is -2.11. The van der Waals surface area contributed by atoms with Gasteiger partial charge in [0, 0.05) is 29.0 Å². The summed E-state index contributed by atoms with van der Waals surface area (Å²) in [6.45, 7) is 9.35. The lowest BCUT2D eigenvalue weighted by Gasteiger charge is -2.16. The van der Waals surface area contributed by atoms with E-state index in [0.717, 1.165) is 44.3 Å². The predicted molar refractivity (Wildman–Crippen MR) is 125 cm³/mol. The zero-order valence-corrected chi connectivity index (χ0v) is 19.0. The first-order valence-electron chi connectivity index (χ1n) is 9.33. The second kappa shape index (κ2) is 8.83. The van der Waals surface area contributed by atoms with Gasteiger partial charge in [-0.25, -0.2) is 0 Å². The fourth-order valence-electron chi connectivity index (χ4n) is 3.13. The van der Waals surface area contributed by atoms with Crippen LogP contribution in [-0.2, 0) is 17.0 Å². The van der Waals surface area contributed by atoms with Crippen LogP contribution in [0.1, 0.15) is 36.1 Å². The zero-order valence-electron chi connectivity index (χ0n) is 17.1. The molecule has 0 bridgehead atoms. The number of aryl methyl sites for hydroxylation is 1. The lowest BCUT2D eigenvalue weighted by molar-refractivity contribution is -0.109. The number of benzene rings is 2. The van der Waals surface area contributed by atoms with Crippen molar-refractivity contribution in [2.45, 2.75) is 33.0 Å². The number of carbonyl (C=O) groups excluding carboxylic acids is 1. The fraction of sp³-hybridized carbons (Fsp3) is 0.217. The molecule has 0 saturated carbocycles. The van der Waals surface area contributed by atoms with Crippen molar-refractivity contribution in [3.8, 4) is 0 Å². The second-order valence-corrected chi connectivity index (χ2v) is 9.26. The summed E-state index contributed by atoms with van der Waals surface area (Å²) in [6.07, 6.45) is 3.76. The van der Waals surface area contributed by atoms with Gasteiger partial charge in [0.2, 0.25) is 0 Å². The van der Waals surface area contributed by atoms with Gasteiger partial charge < -0.3 is 0 Å². The number of halogens is 2. The van der Waals surface area contributed by atoms with Crippen LogP contribution >= 0.6 is 21.0 Å². The quantitative estimate of drug-likeness (QED) is 0.321. The normalized spacial score (nSPS) is 12.4. The number of hydrogen-bond donors (Lipinski definition) is 0. The van der Waals surface area contributed by atoms with Gasteiger partial charge >= 0.3 is 0 Å². The first kappa shape index (κ1) is 22.4. The molecule has 0 fully saturated rings. The molecule has 30 heavy (non-hydrogen) atoms. The monoisotopic (exact) mass is 444 g/mol. The average molecular weight is 444 g/mol. The van der Waals surface area contributed by atoms with Crippen molar-refractivity contribution >= 4 is 43.1 Å². The van der Waals surface area contributed by atoms with E-state index in [2.05, 4.69) is 11.7 Å². The molecule has 3 aromatic rings. The average Bonchev–Trinajstić information content (AvgIpc) is 3.03. The van der Waals surface area contributed by atoms with Crippen LogP contribution in [-0.4, -0.2) is 14.9 Å². The number of carbonyl (C=O) groups is 1. The summed E-state index contributed by atoms with van der Waals surface area (Å²) in [5.41, 5.74) is 0.806. The molecular weight excluding hydrogens is 421 g/mol. The summed E-state index contributed by atoms with van der Waals surface area (Å²) in [6, 6.07) is 10.8. The van der Waals surface area contributed by atoms with Crippen LogP contribution in [0.4, 0.5) is 8.78 Å². The van der Waals surface area contributed by atoms with Crippen LogP contribution < -0.4 is 0 Å². The SMILES string of the molecule is C=C(C)/C(=C/c1ccc2nn(Cc3ccc(C)cc3C(F)(F)P)cc2c1)SC(C)=O. The summed E-state index contributed by atoms with van der Waals surface area (Å²) in [5.74, 6) is 0. The Morgan fingerprint density at radius 3 is 2.63 bits per heavy atom. The van der Waals surface area contributed by atoms with Crippen molar-refractivity contribution < 1.29 is 13.6 Å². The zero-order chi connectivity index (χ0) is 22.1. The summed E-state index contributed by atoms with van der Waals surface area (Å²) in [5, 5.41) is 5.42. The smallest absolute Gasteiger partial charge is 0.284 e. The highest BCUT2D eigenvalue weighted by Gasteiger charge is 2.27. The van der Waals surface area contributed by atoms with Gasteiger partial charge in [-0.1, -0.05) is 51.3 Å². The number of nitrogens with zero attached hydrogens (tertiary/aromatic N) is 2. The third-order valence-corrected chi connectivity index (χ3v) is 5.79. The van der Waals surface area contributed by atoms with Crippen molar-refractivity contribution in [1.29, 1.82) is 0 Å². The number of thioether (sulfide) groups is 1. The molecule has 156 valence electrons. The van der Waals surface area contributed by atoms with Gasteiger partial charge in [-0.2, -0.15) is 13.9 Å². The third kappa shape index (κ3) is 5.44. The fourth-order valence-corrected chi connectivity index (χ4v) is 4.07. The van der Waals surface area contributed by atoms with Crippen LogP contribution in [0.25, 0.3) is 17.0 Å². The molecule has 1 atom stereocenters. The Labute approximate surface area is 181 Å². The third-order valence-electron chi connectivity index (χ3n) is 4.50. The van der Waals surface area contributed by atoms with E-state index >= 15 is 0 Å². The van der Waals surface area contributed by atoms with Crippen molar-refractivity contribution in [3.63, 3.8) is 0 Å². The highest BCUT2D eigenvalue weighted by molar-refractivity contribution is 8.17. The molecule has 7 heteroatoms. The van der Waals surface area contributed by atoms with E-state index in [1.54, 1.807) is 26.9 Å². The molecule has 0 saturated heterocycles. The van der Waals surface area contributed by atoms with Gasteiger partial charge in [0.25, 0.3) is 5.66 Å². The first-order chi connectivity index (χ1) is 14.0. The standard InChI is InChI=1S/C23H23F2N2OPS/c1-14(2)22(30-16(4)28)11-17-6-8-21-19(10-17)13-27(26-21)12-18-7-5-15(3)9-20(18)23(24,25)29/h5-11,13H,1,12,29H2,2-4H3/b22-11-. The maximum atomic E-state index is 14.0. The second-order valence-electron chi connectivity index (χ2n) is 7.31. The molecule has 0 amide bonds. The Morgan fingerprint density at radius 1 is 1.27 bits per heavy atom. The molecule has 0 radical (unpaired) electrons. The Hall–Kier alpha value is -2.30. The van der Waals surface area contributed by atoms with Crippen LogP contribution in [0.5, 0.6) is 0 Å². The number of alkyl halides is 2. The maximum absolute atomic E-state index is 14.0. The van der Waals surface area contributed by atoms with Gasteiger partial charge in [-0.3, -0.25) is 9.48 Å². The highest BCUT2D eigenvalue weighted by Crippen LogP contribution is 2.37. The van der Waals surface area contributed by atoms with E-state index in [-0.39, 0.29) is 17.2 Å². The number of hydrogen-bond acceptors (Lipinski definition) is 3. The molecule has 3 rings (SSSR count). The molecule has 3 nitrogen and oxygen atoms in total. The predicted octanol–water partition coefficient (Wildman–Crippen LogP) is 6.51. The number of aromatic nitrogens is 2. The molecule has 0 aliphatic rings. The Bertz CT molecular complexity index is 1160. The number of rotatable bonds is 6. The summed E-state index contributed by atoms with van der Waals surface area (Å²) >= 11 is 1.15. The number of fused-ring (bicyclic) bond motifs is 1. The van der Waals surface area contributed by atoms with Gasteiger partial charge in [-0.15, -0.1) is 0 Å². The Morgan fingerprint density at radius 2 is 2.00 bits per heavy atom. The molecule has 0 aliphatic carbocycles. The minimum absolute atomic E-state index is 0.00191. The van der Waals surface area contributed by atoms with Crippen molar-refractivity contribution in [2.75, 3.05) is 0 Å². The molecule has 1 aromatic heterocycles. The van der Waals surface area contributed by atoms with Crippen LogP contribution in [0.2, 0.25) is 0 Å². The van der Waals surface area contributed by atoms with E-state index in [9.17, 15) is 13.6 Å². The highest BCUT2D eigenvalue weighted by atomic mass is 32.2. The summed E-state index contributed by atoms with van der Waals surface area (Å²) in [4.78, 5) is 12.3. The molecule has 0 spiro atoms. The Balaban J connectivity index is 1.94. The van der Waals surface area contributed by atoms with Crippen molar-refractivity contribution in [2.24, 2.45) is 0 Å². The molecular formula is C23H23F2N2OPS. The summed E-state index contributed by atoms with van der Waals surface area (Å²) in [7, 11) is 1.61. The van der Waals surface area contributed by atoms with Crippen LogP contribution in [0.15, 0.2) is 59.7 Å². The molecule has 0 aliphatic heterocycles. The molecule has 1 heterocycles. The molecule has 0 N–H and O–H groups in total.